The summed E-state index contributed by atoms with van der Waals surface area (Å²) >= 11 is 0. The maximum absolute atomic E-state index is 11.6. The van der Waals surface area contributed by atoms with Crippen LogP contribution in [-0.2, 0) is 4.74 Å². The van der Waals surface area contributed by atoms with Crippen molar-refractivity contribution < 1.29 is 19.4 Å². The predicted octanol–water partition coefficient (Wildman–Crippen LogP) is 0.657. The van der Waals surface area contributed by atoms with Crippen LogP contribution in [0.2, 0.25) is 0 Å². The molecule has 0 bridgehead atoms. The number of fused-ring (bicyclic) bond motifs is 1. The van der Waals surface area contributed by atoms with Gasteiger partial charge in [0.25, 0.3) is 5.56 Å². The maximum Gasteiger partial charge on any atom is 0.407 e. The van der Waals surface area contributed by atoms with Gasteiger partial charge in [0.2, 0.25) is 0 Å². The second-order valence-electron chi connectivity index (χ2n) is 6.01. The minimum Gasteiger partial charge on any atom is -0.476 e. The second-order valence-corrected chi connectivity index (χ2v) is 6.01. The van der Waals surface area contributed by atoms with Crippen LogP contribution in [0.5, 0.6) is 0 Å². The largest absolute Gasteiger partial charge is 0.476 e. The van der Waals surface area contributed by atoms with Gasteiger partial charge in [0.1, 0.15) is 5.60 Å². The zero-order chi connectivity index (χ0) is 17.9. The Hall–Kier alpha value is -3.04. The topological polar surface area (TPSA) is 138 Å². The molecule has 2 rings (SSSR count). The molecule has 0 radical (unpaired) electrons. The fourth-order valence-corrected chi connectivity index (χ4v) is 1.91. The lowest BCUT2D eigenvalue weighted by Crippen LogP contribution is -2.35. The molecule has 0 aliphatic rings. The summed E-state index contributed by atoms with van der Waals surface area (Å²) in [7, 11) is 0. The van der Waals surface area contributed by atoms with Crippen molar-refractivity contribution in [1.82, 2.24) is 19.9 Å². The number of imidazole rings is 1. The minimum atomic E-state index is -1.20. The van der Waals surface area contributed by atoms with Crippen LogP contribution in [0, 0.1) is 0 Å². The van der Waals surface area contributed by atoms with Crippen molar-refractivity contribution >= 4 is 23.4 Å². The number of alkyl carbamates (subject to hydrolysis) is 1. The van der Waals surface area contributed by atoms with E-state index in [0.29, 0.717) is 12.2 Å². The Morgan fingerprint density at radius 3 is 2.71 bits per heavy atom. The monoisotopic (exact) mass is 337 g/mol. The number of aromatic carboxylic acids is 1. The number of nitrogens with zero attached hydrogens (tertiary/aromatic N) is 2. The van der Waals surface area contributed by atoms with E-state index in [1.54, 1.807) is 20.8 Å². The molecule has 0 aliphatic heterocycles. The number of ether oxygens (including phenoxy) is 1. The van der Waals surface area contributed by atoms with Gasteiger partial charge in [-0.2, -0.15) is 0 Å². The van der Waals surface area contributed by atoms with Gasteiger partial charge in [-0.1, -0.05) is 0 Å². The molecule has 0 saturated carbocycles. The predicted molar refractivity (Wildman–Crippen MR) is 85.5 cm³/mol. The Bertz CT molecular complexity index is 817. The van der Waals surface area contributed by atoms with Gasteiger partial charge in [-0.15, -0.1) is 0 Å². The van der Waals surface area contributed by atoms with E-state index in [1.165, 1.54) is 16.8 Å². The van der Waals surface area contributed by atoms with E-state index in [-0.39, 0.29) is 17.9 Å². The van der Waals surface area contributed by atoms with E-state index in [4.69, 9.17) is 9.84 Å². The molecule has 4 N–H and O–H groups in total. The Morgan fingerprint density at radius 2 is 2.08 bits per heavy atom. The number of anilines is 1. The van der Waals surface area contributed by atoms with E-state index in [1.807, 2.05) is 0 Å². The summed E-state index contributed by atoms with van der Waals surface area (Å²) in [5.41, 5.74) is -0.563. The summed E-state index contributed by atoms with van der Waals surface area (Å²) in [6.45, 7) is 5.83. The Labute approximate surface area is 136 Å². The number of aromatic nitrogens is 3. The molecule has 24 heavy (non-hydrogen) atoms. The van der Waals surface area contributed by atoms with Crippen LogP contribution in [0.15, 0.2) is 17.1 Å². The van der Waals surface area contributed by atoms with Gasteiger partial charge in [-0.05, 0) is 20.8 Å². The van der Waals surface area contributed by atoms with Crippen LogP contribution in [0.4, 0.5) is 10.5 Å². The number of carbonyl (C=O) groups excluding carboxylic acids is 1. The third kappa shape index (κ3) is 4.48. The quantitative estimate of drug-likeness (QED) is 0.588. The van der Waals surface area contributed by atoms with E-state index in [0.717, 1.165) is 0 Å². The molecule has 10 nitrogen and oxygen atoms in total. The van der Waals surface area contributed by atoms with E-state index >= 15 is 0 Å². The Morgan fingerprint density at radius 1 is 1.38 bits per heavy atom. The molecule has 2 aromatic rings. The van der Waals surface area contributed by atoms with Crippen molar-refractivity contribution in [3.8, 4) is 0 Å². The highest BCUT2D eigenvalue weighted by atomic mass is 16.6. The van der Waals surface area contributed by atoms with E-state index in [2.05, 4.69) is 20.7 Å². The highest BCUT2D eigenvalue weighted by Gasteiger charge is 2.16. The fourth-order valence-electron chi connectivity index (χ4n) is 1.91. The smallest absolute Gasteiger partial charge is 0.407 e. The summed E-state index contributed by atoms with van der Waals surface area (Å²) < 4.78 is 6.33. The molecule has 0 spiro atoms. The Kier molecular flexibility index (Phi) is 4.77. The van der Waals surface area contributed by atoms with Gasteiger partial charge in [0.05, 0.1) is 11.9 Å². The Balaban J connectivity index is 2.01. The number of carbonyl (C=O) groups is 2. The summed E-state index contributed by atoms with van der Waals surface area (Å²) in [6, 6.07) is 1.27. The molecule has 0 aromatic carbocycles. The first-order chi connectivity index (χ1) is 11.2. The highest BCUT2D eigenvalue weighted by molar-refractivity contribution is 5.87. The first-order valence-corrected chi connectivity index (χ1v) is 7.22. The summed E-state index contributed by atoms with van der Waals surface area (Å²) in [6.07, 6.45) is 0.665. The van der Waals surface area contributed by atoms with Crippen molar-refractivity contribution in [3.05, 3.63) is 28.3 Å². The molecule has 10 heteroatoms. The molecule has 1 amide bonds. The number of carboxylic acid groups (broad SMARTS) is 1. The molecule has 0 saturated heterocycles. The van der Waals surface area contributed by atoms with Gasteiger partial charge in [-0.25, -0.2) is 19.1 Å². The second kappa shape index (κ2) is 6.60. The molecular weight excluding hydrogens is 318 g/mol. The number of H-pyrrole nitrogens is 1. The average Bonchev–Trinajstić information content (AvgIpc) is 2.85. The van der Waals surface area contributed by atoms with Crippen LogP contribution in [0.1, 0.15) is 31.3 Å². The van der Waals surface area contributed by atoms with Crippen molar-refractivity contribution in [2.75, 3.05) is 18.4 Å². The summed E-state index contributed by atoms with van der Waals surface area (Å²) in [5.74, 6) is -1.20. The fraction of sp³-hybridized carbons (Fsp3) is 0.429. The van der Waals surface area contributed by atoms with Crippen molar-refractivity contribution in [2.45, 2.75) is 26.4 Å². The SMILES string of the molecule is CC(C)(C)OC(=O)NCCNc1cc(=O)[nH]n2cc(C(=O)O)nc12. The maximum atomic E-state index is 11.6. The highest BCUT2D eigenvalue weighted by Crippen LogP contribution is 2.13. The number of hydrogen-bond donors (Lipinski definition) is 4. The van der Waals surface area contributed by atoms with Gasteiger partial charge in [-0.3, -0.25) is 9.89 Å². The number of amides is 1. The molecule has 0 fully saturated rings. The molecule has 2 heterocycles. The third-order valence-electron chi connectivity index (χ3n) is 2.78. The van der Waals surface area contributed by atoms with Crippen molar-refractivity contribution in [1.29, 1.82) is 0 Å². The van der Waals surface area contributed by atoms with Gasteiger partial charge in [0, 0.05) is 19.2 Å². The van der Waals surface area contributed by atoms with E-state index < -0.39 is 23.2 Å². The van der Waals surface area contributed by atoms with E-state index in [9.17, 15) is 14.4 Å². The average molecular weight is 337 g/mol. The van der Waals surface area contributed by atoms with Crippen LogP contribution in [0.25, 0.3) is 5.65 Å². The molecular formula is C14H19N5O5. The summed E-state index contributed by atoms with van der Waals surface area (Å²) in [4.78, 5) is 38.0. The zero-order valence-corrected chi connectivity index (χ0v) is 13.5. The molecule has 0 unspecified atom stereocenters. The molecule has 2 aromatic heterocycles. The standard InChI is InChI=1S/C14H19N5O5/c1-14(2,3)24-13(23)16-5-4-15-8-6-10(20)18-19-7-9(12(21)22)17-11(8)19/h6-7,15H,4-5H2,1-3H3,(H,16,23)(H,18,20)(H,21,22). The van der Waals surface area contributed by atoms with Crippen LogP contribution >= 0.6 is 0 Å². The number of hydrogen-bond acceptors (Lipinski definition) is 6. The number of rotatable bonds is 5. The molecule has 130 valence electrons. The van der Waals surface area contributed by atoms with Crippen LogP contribution < -0.4 is 16.2 Å². The van der Waals surface area contributed by atoms with Gasteiger partial charge >= 0.3 is 12.1 Å². The lowest BCUT2D eigenvalue weighted by atomic mass is 10.2. The van der Waals surface area contributed by atoms with Crippen LogP contribution in [0.3, 0.4) is 0 Å². The lowest BCUT2D eigenvalue weighted by molar-refractivity contribution is 0.0529. The third-order valence-corrected chi connectivity index (χ3v) is 2.78. The normalized spacial score (nSPS) is 11.3. The zero-order valence-electron chi connectivity index (χ0n) is 13.5. The molecule has 0 atom stereocenters. The summed E-state index contributed by atoms with van der Waals surface area (Å²) in [5, 5.41) is 16.9. The van der Waals surface area contributed by atoms with Crippen molar-refractivity contribution in [3.63, 3.8) is 0 Å². The number of aromatic amines is 1. The molecule has 0 aliphatic carbocycles. The number of nitrogens with one attached hydrogen (secondary N) is 3. The van der Waals surface area contributed by atoms with Gasteiger partial charge < -0.3 is 20.5 Å². The van der Waals surface area contributed by atoms with Crippen LogP contribution in [-0.4, -0.2) is 50.5 Å². The first-order valence-electron chi connectivity index (χ1n) is 7.22. The number of carboxylic acids is 1. The van der Waals surface area contributed by atoms with Crippen molar-refractivity contribution in [2.24, 2.45) is 0 Å². The van der Waals surface area contributed by atoms with Gasteiger partial charge in [0.15, 0.2) is 11.3 Å². The lowest BCUT2D eigenvalue weighted by Gasteiger charge is -2.19. The minimum absolute atomic E-state index is 0.188. The first kappa shape index (κ1) is 17.3.